The molecule has 1 N–H and O–H groups in total. The molecule has 2 rings (SSSR count). The fraction of sp³-hybridized carbons (Fsp3) is 0.654. The van der Waals surface area contributed by atoms with Crippen LogP contribution in [0.2, 0.25) is 0 Å². The van der Waals surface area contributed by atoms with Crippen LogP contribution in [0.3, 0.4) is 0 Å². The van der Waals surface area contributed by atoms with Gasteiger partial charge in [-0.1, -0.05) is 101 Å². The minimum Gasteiger partial charge on any atom is -0.468 e. The number of carbonyl (C=O) groups is 2. The number of amidine groups is 1. The van der Waals surface area contributed by atoms with E-state index in [-0.39, 0.29) is 12.6 Å². The standard InChI is InChI=1S/C26H42N4O4S/c1-5-7-8-9-10-11-12-13-14-15-18-21-19-16-17-20-22(21)23(24(31)33-4)35-25-27-28-29(3)30(25)26(32)34-6-2/h16-17,19-20,23,28H,5-15,18H2,1-4H3. The maximum Gasteiger partial charge on any atom is 0.432 e. The van der Waals surface area contributed by atoms with Gasteiger partial charge in [0.25, 0.3) is 0 Å². The van der Waals surface area contributed by atoms with Crippen molar-refractivity contribution in [3.8, 4) is 0 Å². The van der Waals surface area contributed by atoms with Crippen LogP contribution in [0.5, 0.6) is 0 Å². The molecular formula is C26H42N4O4S. The fourth-order valence-corrected chi connectivity index (χ4v) is 5.22. The first-order valence-corrected chi connectivity index (χ1v) is 13.8. The average molecular weight is 507 g/mol. The second kappa shape index (κ2) is 16.4. The van der Waals surface area contributed by atoms with Crippen LogP contribution < -0.4 is 5.53 Å². The van der Waals surface area contributed by atoms with Gasteiger partial charge in [0.1, 0.15) is 5.25 Å². The first-order valence-electron chi connectivity index (χ1n) is 12.9. The van der Waals surface area contributed by atoms with Crippen molar-refractivity contribution >= 4 is 29.0 Å². The molecule has 1 aliphatic rings. The van der Waals surface area contributed by atoms with E-state index in [1.807, 2.05) is 18.2 Å². The molecule has 0 fully saturated rings. The lowest BCUT2D eigenvalue weighted by Crippen LogP contribution is -2.46. The van der Waals surface area contributed by atoms with E-state index in [0.717, 1.165) is 24.0 Å². The molecule has 1 aromatic rings. The molecule has 0 aliphatic carbocycles. The third-order valence-electron chi connectivity index (χ3n) is 5.99. The van der Waals surface area contributed by atoms with E-state index in [4.69, 9.17) is 9.47 Å². The van der Waals surface area contributed by atoms with Gasteiger partial charge in [-0.3, -0.25) is 4.79 Å². The van der Waals surface area contributed by atoms with Crippen molar-refractivity contribution in [1.29, 1.82) is 0 Å². The number of thioether (sulfide) groups is 1. The third kappa shape index (κ3) is 9.37. The summed E-state index contributed by atoms with van der Waals surface area (Å²) in [6, 6.07) is 7.96. The predicted molar refractivity (Wildman–Crippen MR) is 142 cm³/mol. The van der Waals surface area contributed by atoms with Crippen LogP contribution in [-0.2, 0) is 20.7 Å². The van der Waals surface area contributed by atoms with Gasteiger partial charge in [-0.05, 0) is 30.9 Å². The number of carbonyl (C=O) groups excluding carboxylic acids is 2. The minimum atomic E-state index is -0.650. The van der Waals surface area contributed by atoms with E-state index in [2.05, 4.69) is 23.6 Å². The first kappa shape index (κ1) is 29.0. The van der Waals surface area contributed by atoms with Gasteiger partial charge in [-0.15, -0.1) is 10.2 Å². The van der Waals surface area contributed by atoms with E-state index in [0.29, 0.717) is 5.17 Å². The van der Waals surface area contributed by atoms with Crippen molar-refractivity contribution in [2.24, 2.45) is 5.10 Å². The number of nitrogens with one attached hydrogen (secondary N) is 1. The zero-order valence-electron chi connectivity index (χ0n) is 21.8. The number of hydrazone groups is 1. The summed E-state index contributed by atoms with van der Waals surface area (Å²) in [6.45, 7) is 4.23. The van der Waals surface area contributed by atoms with Crippen LogP contribution in [0.15, 0.2) is 29.4 Å². The van der Waals surface area contributed by atoms with Crippen LogP contribution in [-0.4, -0.2) is 48.1 Å². The van der Waals surface area contributed by atoms with Crippen molar-refractivity contribution < 1.29 is 19.1 Å². The van der Waals surface area contributed by atoms with Gasteiger partial charge in [0.15, 0.2) is 0 Å². The summed E-state index contributed by atoms with van der Waals surface area (Å²) in [4.78, 5) is 25.2. The number of rotatable bonds is 15. The normalized spacial score (nSPS) is 14.4. The van der Waals surface area contributed by atoms with Gasteiger partial charge in [-0.2, -0.15) is 5.01 Å². The first-order chi connectivity index (χ1) is 17.0. The molecule has 8 nitrogen and oxygen atoms in total. The van der Waals surface area contributed by atoms with Gasteiger partial charge < -0.3 is 9.47 Å². The Balaban J connectivity index is 1.97. The molecule has 9 heteroatoms. The molecule has 1 aromatic carbocycles. The molecule has 0 aromatic heterocycles. The number of methoxy groups -OCH3 is 1. The molecule has 35 heavy (non-hydrogen) atoms. The Kier molecular flexibility index (Phi) is 13.6. The van der Waals surface area contributed by atoms with Crippen LogP contribution in [0.25, 0.3) is 0 Å². The van der Waals surface area contributed by atoms with E-state index in [9.17, 15) is 9.59 Å². The molecule has 0 spiro atoms. The number of nitrogens with zero attached hydrogens (tertiary/aromatic N) is 3. The number of aryl methyl sites for hydroxylation is 1. The summed E-state index contributed by atoms with van der Waals surface area (Å²) in [5.41, 5.74) is 4.75. The zero-order valence-corrected chi connectivity index (χ0v) is 22.6. The van der Waals surface area contributed by atoms with E-state index < -0.39 is 11.3 Å². The topological polar surface area (TPSA) is 83.5 Å². The Bertz CT molecular complexity index is 820. The van der Waals surface area contributed by atoms with Crippen molar-refractivity contribution in [1.82, 2.24) is 15.7 Å². The number of benzene rings is 1. The molecule has 0 saturated carbocycles. The van der Waals surface area contributed by atoms with Gasteiger partial charge >= 0.3 is 12.1 Å². The fourth-order valence-electron chi connectivity index (χ4n) is 4.07. The van der Waals surface area contributed by atoms with Gasteiger partial charge in [0.2, 0.25) is 5.17 Å². The third-order valence-corrected chi connectivity index (χ3v) is 7.15. The van der Waals surface area contributed by atoms with E-state index >= 15 is 0 Å². The largest absolute Gasteiger partial charge is 0.468 e. The van der Waals surface area contributed by atoms with Gasteiger partial charge in [0, 0.05) is 7.05 Å². The minimum absolute atomic E-state index is 0.239. The Labute approximate surface area is 214 Å². The van der Waals surface area contributed by atoms with Crippen LogP contribution in [0.4, 0.5) is 4.79 Å². The zero-order chi connectivity index (χ0) is 25.5. The maximum absolute atomic E-state index is 12.8. The molecule has 0 radical (unpaired) electrons. The van der Waals surface area contributed by atoms with E-state index in [1.165, 1.54) is 86.8 Å². The molecule has 0 bridgehead atoms. The summed E-state index contributed by atoms with van der Waals surface area (Å²) >= 11 is 1.17. The number of hydrogen-bond acceptors (Lipinski definition) is 8. The Morgan fingerprint density at radius 2 is 1.63 bits per heavy atom. The second-order valence-corrected chi connectivity index (χ2v) is 9.75. The highest BCUT2D eigenvalue weighted by atomic mass is 32.2. The molecule has 196 valence electrons. The van der Waals surface area contributed by atoms with Crippen molar-refractivity contribution in [3.05, 3.63) is 35.4 Å². The lowest BCUT2D eigenvalue weighted by atomic mass is 9.98. The Hall–Kier alpha value is -2.26. The number of unbranched alkanes of at least 4 members (excludes halogenated alkanes) is 9. The number of hydrogen-bond donors (Lipinski definition) is 1. The lowest BCUT2D eigenvalue weighted by molar-refractivity contribution is -0.140. The quantitative estimate of drug-likeness (QED) is 0.224. The summed E-state index contributed by atoms with van der Waals surface area (Å²) in [7, 11) is 3.03. The molecule has 1 atom stereocenters. The molecule has 1 amide bonds. The predicted octanol–water partition coefficient (Wildman–Crippen LogP) is 6.19. The number of amides is 1. The average Bonchev–Trinajstić information content (AvgIpc) is 3.23. The molecule has 1 aliphatic heterocycles. The SMILES string of the molecule is CCCCCCCCCCCCc1ccccc1C(SC1=NNN(C)N1C(=O)OCC)C(=O)OC. The molecule has 1 heterocycles. The van der Waals surface area contributed by atoms with Crippen molar-refractivity contribution in [2.75, 3.05) is 20.8 Å². The van der Waals surface area contributed by atoms with Gasteiger partial charge in [-0.25, -0.2) is 10.3 Å². The Morgan fingerprint density at radius 3 is 2.26 bits per heavy atom. The van der Waals surface area contributed by atoms with Crippen molar-refractivity contribution in [2.45, 2.75) is 89.7 Å². The highest BCUT2D eigenvalue weighted by Crippen LogP contribution is 2.36. The van der Waals surface area contributed by atoms with E-state index in [1.54, 1.807) is 14.0 Å². The smallest absolute Gasteiger partial charge is 0.432 e. The van der Waals surface area contributed by atoms with Gasteiger partial charge in [0.05, 0.1) is 13.7 Å². The summed E-state index contributed by atoms with van der Waals surface area (Å²) in [5.74, 6) is -0.383. The highest BCUT2D eigenvalue weighted by molar-refractivity contribution is 8.14. The molecule has 0 saturated heterocycles. The van der Waals surface area contributed by atoms with Crippen LogP contribution >= 0.6 is 11.8 Å². The monoisotopic (exact) mass is 506 g/mol. The van der Waals surface area contributed by atoms with Crippen molar-refractivity contribution in [3.63, 3.8) is 0 Å². The number of ether oxygens (including phenoxy) is 2. The summed E-state index contributed by atoms with van der Waals surface area (Å²) in [5, 5.41) is 6.59. The molecule has 1 unspecified atom stereocenters. The lowest BCUT2D eigenvalue weighted by Gasteiger charge is -2.24. The van der Waals surface area contributed by atoms with Crippen LogP contribution in [0, 0.1) is 0 Å². The maximum atomic E-state index is 12.8. The molecular weight excluding hydrogens is 464 g/mol. The summed E-state index contributed by atoms with van der Waals surface area (Å²) in [6.07, 6.45) is 13.2. The number of hydrazine groups is 2. The Morgan fingerprint density at radius 1 is 1.00 bits per heavy atom. The highest BCUT2D eigenvalue weighted by Gasteiger charge is 2.36. The number of esters is 1. The summed E-state index contributed by atoms with van der Waals surface area (Å²) < 4.78 is 10.3. The second-order valence-electron chi connectivity index (χ2n) is 8.68. The van der Waals surface area contributed by atoms with Crippen LogP contribution in [0.1, 0.15) is 94.4 Å².